The molecule has 0 saturated carbocycles. The van der Waals surface area contributed by atoms with E-state index in [1.54, 1.807) is 52.7 Å². The first-order chi connectivity index (χ1) is 14.1. The molecule has 0 amide bonds. The Morgan fingerprint density at radius 2 is 1.62 bits per heavy atom. The zero-order chi connectivity index (χ0) is 21.2. The molecule has 0 aliphatic carbocycles. The molecule has 0 fully saturated rings. The van der Waals surface area contributed by atoms with Gasteiger partial charge in [0.25, 0.3) is 0 Å². The standard InChI is InChI=1S/C21H29N3O5/c1-6-22-21(24-14-7-9-19(28-4)20(11-14)29-5)23-13-17(25)16-12-15(26-2)8-10-18(16)27-3/h7-12,17,25H,6,13H2,1-5H3,(H2,22,23,24). The Bertz CT molecular complexity index is 826. The molecule has 0 aliphatic rings. The number of aliphatic hydroxyl groups excluding tert-OH is 1. The van der Waals surface area contributed by atoms with Crippen molar-refractivity contribution in [1.82, 2.24) is 5.32 Å². The predicted molar refractivity (Wildman–Crippen MR) is 114 cm³/mol. The van der Waals surface area contributed by atoms with E-state index in [1.807, 2.05) is 19.1 Å². The third-order valence-corrected chi connectivity index (χ3v) is 4.21. The number of benzene rings is 2. The molecule has 0 spiro atoms. The molecule has 2 aromatic rings. The van der Waals surface area contributed by atoms with Crippen LogP contribution in [-0.2, 0) is 0 Å². The fraction of sp³-hybridized carbons (Fsp3) is 0.381. The van der Waals surface area contributed by atoms with Gasteiger partial charge in [-0.25, -0.2) is 4.99 Å². The summed E-state index contributed by atoms with van der Waals surface area (Å²) in [5, 5.41) is 17.0. The zero-order valence-electron chi connectivity index (χ0n) is 17.5. The molecule has 29 heavy (non-hydrogen) atoms. The summed E-state index contributed by atoms with van der Waals surface area (Å²) in [6.07, 6.45) is -0.860. The highest BCUT2D eigenvalue weighted by Gasteiger charge is 2.15. The van der Waals surface area contributed by atoms with Crippen molar-refractivity contribution in [2.45, 2.75) is 13.0 Å². The highest BCUT2D eigenvalue weighted by atomic mass is 16.5. The van der Waals surface area contributed by atoms with Gasteiger partial charge in [0.05, 0.1) is 35.0 Å². The Morgan fingerprint density at radius 3 is 2.24 bits per heavy atom. The fourth-order valence-corrected chi connectivity index (χ4v) is 2.73. The molecule has 8 nitrogen and oxygen atoms in total. The van der Waals surface area contributed by atoms with Crippen LogP contribution in [0.2, 0.25) is 0 Å². The van der Waals surface area contributed by atoms with E-state index in [0.29, 0.717) is 41.1 Å². The molecule has 0 bridgehead atoms. The largest absolute Gasteiger partial charge is 0.497 e. The average Bonchev–Trinajstić information content (AvgIpc) is 2.76. The molecule has 3 N–H and O–H groups in total. The van der Waals surface area contributed by atoms with Crippen LogP contribution in [0.1, 0.15) is 18.6 Å². The van der Waals surface area contributed by atoms with Crippen molar-refractivity contribution in [3.05, 3.63) is 42.0 Å². The van der Waals surface area contributed by atoms with E-state index in [9.17, 15) is 5.11 Å². The lowest BCUT2D eigenvalue weighted by Crippen LogP contribution is -2.31. The number of hydrogen-bond acceptors (Lipinski definition) is 6. The van der Waals surface area contributed by atoms with Gasteiger partial charge in [0.15, 0.2) is 17.5 Å². The van der Waals surface area contributed by atoms with Gasteiger partial charge in [-0.1, -0.05) is 0 Å². The Hall–Kier alpha value is -3.13. The van der Waals surface area contributed by atoms with Gasteiger partial charge in [0.1, 0.15) is 17.6 Å². The maximum Gasteiger partial charge on any atom is 0.195 e. The monoisotopic (exact) mass is 403 g/mol. The van der Waals surface area contributed by atoms with E-state index in [1.165, 1.54) is 0 Å². The Morgan fingerprint density at radius 1 is 0.931 bits per heavy atom. The number of methoxy groups -OCH3 is 4. The third-order valence-electron chi connectivity index (χ3n) is 4.21. The summed E-state index contributed by atoms with van der Waals surface area (Å²) < 4.78 is 21.2. The predicted octanol–water partition coefficient (Wildman–Crippen LogP) is 2.83. The zero-order valence-corrected chi connectivity index (χ0v) is 17.5. The van der Waals surface area contributed by atoms with Gasteiger partial charge in [-0.2, -0.15) is 0 Å². The molecule has 2 rings (SSSR count). The second-order valence-electron chi connectivity index (χ2n) is 6.04. The van der Waals surface area contributed by atoms with Gasteiger partial charge >= 0.3 is 0 Å². The summed E-state index contributed by atoms with van der Waals surface area (Å²) in [7, 11) is 6.31. The van der Waals surface area contributed by atoms with Crippen LogP contribution in [0.3, 0.4) is 0 Å². The molecule has 8 heteroatoms. The minimum atomic E-state index is -0.860. The number of anilines is 1. The van der Waals surface area contributed by atoms with Crippen LogP contribution >= 0.6 is 0 Å². The Kier molecular flexibility index (Phi) is 8.42. The molecule has 158 valence electrons. The topological polar surface area (TPSA) is 93.6 Å². The maximum absolute atomic E-state index is 10.7. The summed E-state index contributed by atoms with van der Waals surface area (Å²) in [6.45, 7) is 2.76. The van der Waals surface area contributed by atoms with E-state index in [4.69, 9.17) is 18.9 Å². The maximum atomic E-state index is 10.7. The highest BCUT2D eigenvalue weighted by molar-refractivity contribution is 5.94. The number of ether oxygens (including phenoxy) is 4. The first-order valence-corrected chi connectivity index (χ1v) is 9.23. The van der Waals surface area contributed by atoms with E-state index in [2.05, 4.69) is 15.6 Å². The molecule has 0 radical (unpaired) electrons. The molecule has 1 atom stereocenters. The molecule has 2 aromatic carbocycles. The smallest absolute Gasteiger partial charge is 0.195 e. The summed E-state index contributed by atoms with van der Waals surface area (Å²) in [5.41, 5.74) is 1.38. The lowest BCUT2D eigenvalue weighted by atomic mass is 10.1. The van der Waals surface area contributed by atoms with Gasteiger partial charge < -0.3 is 34.7 Å². The van der Waals surface area contributed by atoms with Crippen LogP contribution in [0.5, 0.6) is 23.0 Å². The van der Waals surface area contributed by atoms with Crippen LogP contribution in [0.15, 0.2) is 41.4 Å². The molecule has 0 heterocycles. The number of nitrogens with zero attached hydrogens (tertiary/aromatic N) is 1. The molecule has 1 unspecified atom stereocenters. The van der Waals surface area contributed by atoms with Crippen molar-refractivity contribution in [3.63, 3.8) is 0 Å². The van der Waals surface area contributed by atoms with Crippen molar-refractivity contribution in [1.29, 1.82) is 0 Å². The quantitative estimate of drug-likeness (QED) is 0.438. The average molecular weight is 403 g/mol. The number of aliphatic hydroxyl groups is 1. The number of nitrogens with one attached hydrogen (secondary N) is 2. The number of guanidine groups is 1. The molecule has 0 aromatic heterocycles. The summed E-state index contributed by atoms with van der Waals surface area (Å²) in [5.74, 6) is 2.99. The first kappa shape index (κ1) is 22.2. The van der Waals surface area contributed by atoms with Gasteiger partial charge in [0.2, 0.25) is 0 Å². The fourth-order valence-electron chi connectivity index (χ4n) is 2.73. The SMILES string of the molecule is CCNC(=NCC(O)c1cc(OC)ccc1OC)Nc1ccc(OC)c(OC)c1. The minimum absolute atomic E-state index is 0.131. The van der Waals surface area contributed by atoms with Crippen molar-refractivity contribution in [3.8, 4) is 23.0 Å². The van der Waals surface area contributed by atoms with Crippen LogP contribution in [0.25, 0.3) is 0 Å². The van der Waals surface area contributed by atoms with Gasteiger partial charge in [-0.05, 0) is 37.3 Å². The summed E-state index contributed by atoms with van der Waals surface area (Å²) in [4.78, 5) is 4.49. The van der Waals surface area contributed by atoms with Gasteiger partial charge in [0, 0.05) is 23.9 Å². The van der Waals surface area contributed by atoms with Crippen molar-refractivity contribution < 1.29 is 24.1 Å². The Balaban J connectivity index is 2.19. The van der Waals surface area contributed by atoms with Crippen LogP contribution in [-0.4, -0.2) is 52.6 Å². The third kappa shape index (κ3) is 5.92. The molecule has 0 aliphatic heterocycles. The van der Waals surface area contributed by atoms with Crippen LogP contribution < -0.4 is 29.6 Å². The lowest BCUT2D eigenvalue weighted by molar-refractivity contribution is 0.182. The van der Waals surface area contributed by atoms with Crippen LogP contribution in [0.4, 0.5) is 5.69 Å². The summed E-state index contributed by atoms with van der Waals surface area (Å²) in [6, 6.07) is 10.8. The molecular weight excluding hydrogens is 374 g/mol. The number of aliphatic imine (C=N–C) groups is 1. The second kappa shape index (κ2) is 11.0. The van der Waals surface area contributed by atoms with E-state index in [-0.39, 0.29) is 6.54 Å². The van der Waals surface area contributed by atoms with Gasteiger partial charge in [-0.3, -0.25) is 0 Å². The number of rotatable bonds is 9. The van der Waals surface area contributed by atoms with Crippen molar-refractivity contribution in [2.24, 2.45) is 4.99 Å². The van der Waals surface area contributed by atoms with Crippen molar-refractivity contribution in [2.75, 3.05) is 46.8 Å². The van der Waals surface area contributed by atoms with E-state index in [0.717, 1.165) is 5.69 Å². The summed E-state index contributed by atoms with van der Waals surface area (Å²) >= 11 is 0. The Labute approximate surface area is 171 Å². The van der Waals surface area contributed by atoms with Crippen LogP contribution in [0, 0.1) is 0 Å². The number of hydrogen-bond donors (Lipinski definition) is 3. The highest BCUT2D eigenvalue weighted by Crippen LogP contribution is 2.31. The lowest BCUT2D eigenvalue weighted by Gasteiger charge is -2.16. The van der Waals surface area contributed by atoms with E-state index >= 15 is 0 Å². The van der Waals surface area contributed by atoms with Crippen molar-refractivity contribution >= 4 is 11.6 Å². The van der Waals surface area contributed by atoms with E-state index < -0.39 is 6.10 Å². The van der Waals surface area contributed by atoms with Gasteiger partial charge in [-0.15, -0.1) is 0 Å². The minimum Gasteiger partial charge on any atom is -0.497 e. The second-order valence-corrected chi connectivity index (χ2v) is 6.04. The molecule has 0 saturated heterocycles. The molecular formula is C21H29N3O5. The first-order valence-electron chi connectivity index (χ1n) is 9.23. The normalized spacial score (nSPS) is 12.1.